The number of hydrogen-bond acceptors (Lipinski definition) is 7. The van der Waals surface area contributed by atoms with Crippen LogP contribution < -0.4 is 9.47 Å². The van der Waals surface area contributed by atoms with Crippen LogP contribution in [0.15, 0.2) is 46.8 Å². The molecular weight excluding hydrogens is 438 g/mol. The van der Waals surface area contributed by atoms with Crippen LogP contribution in [0.3, 0.4) is 0 Å². The van der Waals surface area contributed by atoms with Gasteiger partial charge < -0.3 is 14.4 Å². The van der Waals surface area contributed by atoms with E-state index in [0.29, 0.717) is 28.5 Å². The van der Waals surface area contributed by atoms with E-state index in [1.807, 2.05) is 47.4 Å². The van der Waals surface area contributed by atoms with Crippen LogP contribution in [0.25, 0.3) is 5.69 Å². The number of carbonyl (C=O) groups is 1. The SMILES string of the molecule is COc1cc2c(cc1OC)CN(C(=O)CSc1nn(-c3ccccc3)c(=S)s1)CC2. The highest BCUT2D eigenvalue weighted by Crippen LogP contribution is 2.33. The fraction of sp³-hybridized carbons (Fsp3) is 0.286. The van der Waals surface area contributed by atoms with Gasteiger partial charge in [-0.3, -0.25) is 4.79 Å². The second-order valence-electron chi connectivity index (χ2n) is 6.71. The van der Waals surface area contributed by atoms with Crippen LogP contribution >= 0.6 is 35.3 Å². The molecule has 9 heteroatoms. The zero-order valence-corrected chi connectivity index (χ0v) is 19.1. The summed E-state index contributed by atoms with van der Waals surface area (Å²) in [6.45, 7) is 1.26. The lowest BCUT2D eigenvalue weighted by Crippen LogP contribution is -2.37. The average molecular weight is 460 g/mol. The number of ether oxygens (including phenoxy) is 2. The van der Waals surface area contributed by atoms with Crippen LogP contribution in [0.5, 0.6) is 11.5 Å². The molecule has 4 rings (SSSR count). The van der Waals surface area contributed by atoms with E-state index in [-0.39, 0.29) is 5.91 Å². The first kappa shape index (κ1) is 20.9. The van der Waals surface area contributed by atoms with Crippen molar-refractivity contribution in [2.24, 2.45) is 0 Å². The molecule has 0 bridgehead atoms. The number of amides is 1. The van der Waals surface area contributed by atoms with Gasteiger partial charge in [0.15, 0.2) is 19.8 Å². The Morgan fingerprint density at radius 2 is 1.87 bits per heavy atom. The molecule has 0 spiro atoms. The zero-order chi connectivity index (χ0) is 21.1. The van der Waals surface area contributed by atoms with E-state index in [2.05, 4.69) is 5.10 Å². The standard InChI is InChI=1S/C21H21N3O3S3/c1-26-17-10-14-8-9-23(12-15(14)11-18(17)27-2)19(25)13-29-20-22-24(21(28)30-20)16-6-4-3-5-7-16/h3-7,10-11H,8-9,12-13H2,1-2H3. The third kappa shape index (κ3) is 4.38. The Labute approximate surface area is 188 Å². The van der Waals surface area contributed by atoms with Crippen LogP contribution in [0, 0.1) is 3.95 Å². The fourth-order valence-electron chi connectivity index (χ4n) is 3.36. The summed E-state index contributed by atoms with van der Waals surface area (Å²) in [6, 6.07) is 13.8. The molecular formula is C21H21N3O3S3. The first-order chi connectivity index (χ1) is 14.6. The molecule has 1 aliphatic rings. The predicted octanol–water partition coefficient (Wildman–Crippen LogP) is 4.36. The minimum absolute atomic E-state index is 0.0906. The number of benzene rings is 2. The van der Waals surface area contributed by atoms with Crippen LogP contribution in [0.2, 0.25) is 0 Å². The summed E-state index contributed by atoms with van der Waals surface area (Å²) in [7, 11) is 3.25. The first-order valence-electron chi connectivity index (χ1n) is 9.39. The van der Waals surface area contributed by atoms with Crippen molar-refractivity contribution in [2.45, 2.75) is 17.3 Å². The van der Waals surface area contributed by atoms with Gasteiger partial charge in [-0.15, -0.1) is 5.10 Å². The number of hydrogen-bond donors (Lipinski definition) is 0. The topological polar surface area (TPSA) is 56.6 Å². The Morgan fingerprint density at radius 1 is 1.17 bits per heavy atom. The van der Waals surface area contributed by atoms with Gasteiger partial charge in [0.2, 0.25) is 5.91 Å². The molecule has 3 aromatic rings. The molecule has 0 saturated heterocycles. The first-order valence-corrected chi connectivity index (χ1v) is 11.6. The van der Waals surface area contributed by atoms with Gasteiger partial charge in [0.1, 0.15) is 0 Å². The van der Waals surface area contributed by atoms with Crippen LogP contribution in [0.4, 0.5) is 0 Å². The molecule has 0 radical (unpaired) electrons. The maximum absolute atomic E-state index is 12.8. The van der Waals surface area contributed by atoms with Crippen molar-refractivity contribution in [1.82, 2.24) is 14.7 Å². The Kier molecular flexibility index (Phi) is 6.40. The second-order valence-corrected chi connectivity index (χ2v) is 9.56. The maximum atomic E-state index is 12.8. The normalized spacial score (nSPS) is 13.1. The molecule has 0 saturated carbocycles. The molecule has 1 amide bonds. The molecule has 156 valence electrons. The molecule has 2 aromatic carbocycles. The molecule has 0 aliphatic carbocycles. The van der Waals surface area contributed by atoms with E-state index in [1.165, 1.54) is 28.7 Å². The Morgan fingerprint density at radius 3 is 2.57 bits per heavy atom. The van der Waals surface area contributed by atoms with E-state index >= 15 is 0 Å². The van der Waals surface area contributed by atoms with Gasteiger partial charge in [0, 0.05) is 13.1 Å². The number of para-hydroxylation sites is 1. The number of rotatable bonds is 6. The summed E-state index contributed by atoms with van der Waals surface area (Å²) < 4.78 is 14.0. The molecule has 0 N–H and O–H groups in total. The van der Waals surface area contributed by atoms with Gasteiger partial charge in [0.25, 0.3) is 0 Å². The van der Waals surface area contributed by atoms with E-state index < -0.39 is 0 Å². The minimum Gasteiger partial charge on any atom is -0.493 e. The molecule has 0 unspecified atom stereocenters. The van der Waals surface area contributed by atoms with Crippen molar-refractivity contribution in [3.63, 3.8) is 0 Å². The number of methoxy groups -OCH3 is 2. The lowest BCUT2D eigenvalue weighted by atomic mass is 9.99. The number of nitrogens with zero attached hydrogens (tertiary/aromatic N) is 3. The monoisotopic (exact) mass is 459 g/mol. The molecule has 0 fully saturated rings. The number of fused-ring (bicyclic) bond motifs is 1. The summed E-state index contributed by atoms with van der Waals surface area (Å²) in [5.74, 6) is 1.83. The van der Waals surface area contributed by atoms with Crippen LogP contribution in [0.1, 0.15) is 11.1 Å². The quantitative estimate of drug-likeness (QED) is 0.403. The molecule has 6 nitrogen and oxygen atoms in total. The Balaban J connectivity index is 1.42. The zero-order valence-electron chi connectivity index (χ0n) is 16.7. The van der Waals surface area contributed by atoms with E-state index in [4.69, 9.17) is 21.7 Å². The number of thioether (sulfide) groups is 1. The summed E-state index contributed by atoms with van der Waals surface area (Å²) in [5, 5.41) is 4.57. The third-order valence-electron chi connectivity index (χ3n) is 4.92. The number of carbonyl (C=O) groups excluding carboxylic acids is 1. The van der Waals surface area contributed by atoms with Gasteiger partial charge in [-0.2, -0.15) is 0 Å². The van der Waals surface area contributed by atoms with Crippen molar-refractivity contribution in [2.75, 3.05) is 26.5 Å². The fourth-order valence-corrected chi connectivity index (χ4v) is 5.63. The molecule has 1 aromatic heterocycles. The smallest absolute Gasteiger partial charge is 0.233 e. The van der Waals surface area contributed by atoms with Crippen LogP contribution in [-0.4, -0.2) is 47.1 Å². The minimum atomic E-state index is 0.0906. The maximum Gasteiger partial charge on any atom is 0.233 e. The largest absolute Gasteiger partial charge is 0.493 e. The Hall–Kier alpha value is -2.36. The highest BCUT2D eigenvalue weighted by molar-refractivity contribution is 8.01. The highest BCUT2D eigenvalue weighted by atomic mass is 32.2. The molecule has 2 heterocycles. The highest BCUT2D eigenvalue weighted by Gasteiger charge is 2.23. The van der Waals surface area contributed by atoms with Gasteiger partial charge in [0.05, 0.1) is 25.7 Å². The lowest BCUT2D eigenvalue weighted by molar-refractivity contribution is -0.129. The summed E-state index contributed by atoms with van der Waals surface area (Å²) in [5.41, 5.74) is 3.22. The summed E-state index contributed by atoms with van der Waals surface area (Å²) in [6.07, 6.45) is 0.799. The average Bonchev–Trinajstić information content (AvgIpc) is 3.17. The molecule has 0 atom stereocenters. The second kappa shape index (κ2) is 9.20. The van der Waals surface area contributed by atoms with Crippen molar-refractivity contribution >= 4 is 41.2 Å². The predicted molar refractivity (Wildman–Crippen MR) is 122 cm³/mol. The van der Waals surface area contributed by atoms with Gasteiger partial charge in [-0.25, -0.2) is 4.68 Å². The van der Waals surface area contributed by atoms with E-state index in [9.17, 15) is 4.79 Å². The van der Waals surface area contributed by atoms with Crippen LogP contribution in [-0.2, 0) is 17.8 Å². The van der Waals surface area contributed by atoms with Crippen molar-refractivity contribution in [1.29, 1.82) is 0 Å². The van der Waals surface area contributed by atoms with Gasteiger partial charge >= 0.3 is 0 Å². The number of aromatic nitrogens is 2. The van der Waals surface area contributed by atoms with E-state index in [0.717, 1.165) is 27.8 Å². The van der Waals surface area contributed by atoms with Crippen molar-refractivity contribution in [3.05, 3.63) is 57.5 Å². The Bertz CT molecular complexity index is 1110. The molecule has 1 aliphatic heterocycles. The lowest BCUT2D eigenvalue weighted by Gasteiger charge is -2.29. The summed E-state index contributed by atoms with van der Waals surface area (Å²) in [4.78, 5) is 14.7. The van der Waals surface area contributed by atoms with Crippen molar-refractivity contribution < 1.29 is 14.3 Å². The van der Waals surface area contributed by atoms with Gasteiger partial charge in [-0.05, 0) is 54.0 Å². The third-order valence-corrected chi connectivity index (χ3v) is 7.27. The van der Waals surface area contributed by atoms with Crippen molar-refractivity contribution in [3.8, 4) is 17.2 Å². The summed E-state index contributed by atoms with van der Waals surface area (Å²) >= 11 is 8.29. The van der Waals surface area contributed by atoms with Gasteiger partial charge in [-0.1, -0.05) is 41.3 Å². The van der Waals surface area contributed by atoms with E-state index in [1.54, 1.807) is 18.9 Å². The molecule has 30 heavy (non-hydrogen) atoms.